The second kappa shape index (κ2) is 16.9. The molecule has 0 aromatic rings. The van der Waals surface area contributed by atoms with Crippen molar-refractivity contribution in [1.29, 1.82) is 0 Å². The van der Waals surface area contributed by atoms with Crippen LogP contribution in [-0.2, 0) is 87.5 Å². The first-order chi connectivity index (χ1) is 0. The number of rotatable bonds is 0. The first-order valence-electron chi connectivity index (χ1n) is 0. The van der Waals surface area contributed by atoms with Crippen LogP contribution in [0, 0.1) is 0 Å². The molecule has 0 heterocycles. The Balaban J connectivity index is 0. The summed E-state index contributed by atoms with van der Waals surface area (Å²) in [7, 11) is 0. The molecule has 0 aromatic carbocycles. The maximum Gasteiger partial charge on any atom is 0 e. The van der Waals surface area contributed by atoms with Crippen LogP contribution in [0.2, 0.25) is 0 Å². The summed E-state index contributed by atoms with van der Waals surface area (Å²) in [6, 6.07) is 0. The van der Waals surface area contributed by atoms with E-state index in [1.54, 1.807) is 0 Å². The minimum absolute atomic E-state index is 0. The van der Waals surface area contributed by atoms with Gasteiger partial charge in [-0.1, -0.05) is 0 Å². The summed E-state index contributed by atoms with van der Waals surface area (Å²) < 4.78 is 0. The third-order valence-corrected chi connectivity index (χ3v) is 0. The van der Waals surface area contributed by atoms with Crippen LogP contribution in [0.4, 0.5) is 0 Å². The van der Waals surface area contributed by atoms with Gasteiger partial charge < -0.3 is 0 Å². The topological polar surface area (TPSA) is 0 Å². The molecule has 0 fully saturated rings. The summed E-state index contributed by atoms with van der Waals surface area (Å²) in [4.78, 5) is 0. The standard InChI is InChI=1S/Mo.Nb.Ta.Ti. The van der Waals surface area contributed by atoms with E-state index in [2.05, 4.69) is 0 Å². The predicted octanol–water partition coefficient (Wildman–Crippen LogP) is -0.0100. The van der Waals surface area contributed by atoms with Crippen molar-refractivity contribution in [1.82, 2.24) is 0 Å². The molecule has 0 aromatic heterocycles. The van der Waals surface area contributed by atoms with E-state index in [0.29, 0.717) is 0 Å². The van der Waals surface area contributed by atoms with E-state index >= 15 is 0 Å². The molecule has 0 saturated carbocycles. The van der Waals surface area contributed by atoms with Gasteiger partial charge in [-0.2, -0.15) is 0 Å². The zero-order valence-electron chi connectivity index (χ0n) is 1.80. The molecule has 0 saturated heterocycles. The van der Waals surface area contributed by atoms with E-state index in [1.807, 2.05) is 0 Å². The largest absolute Gasteiger partial charge is 0 e. The van der Waals surface area contributed by atoms with E-state index < -0.39 is 0 Å². The minimum atomic E-state index is 0. The van der Waals surface area contributed by atoms with E-state index in [9.17, 15) is 0 Å². The molecule has 0 unspecified atom stereocenters. The zero-order valence-corrected chi connectivity index (χ0v) is 10.8. The van der Waals surface area contributed by atoms with Gasteiger partial charge in [0.25, 0.3) is 0 Å². The Hall–Kier alpha value is 2.88. The SMILES string of the molecule is [Mo].[Nb].[Ta].[Ti]. The fourth-order valence-corrected chi connectivity index (χ4v) is 0. The second-order valence-electron chi connectivity index (χ2n) is 0. The van der Waals surface area contributed by atoms with E-state index in [1.165, 1.54) is 0 Å². The molecule has 0 rings (SSSR count). The van der Waals surface area contributed by atoms with Crippen molar-refractivity contribution in [3.05, 3.63) is 0 Å². The van der Waals surface area contributed by atoms with Gasteiger partial charge in [0.15, 0.2) is 0 Å². The molecular formula is MoNbTaTi. The predicted molar refractivity (Wildman–Crippen MR) is 0 cm³/mol. The molecule has 0 amide bonds. The maximum atomic E-state index is 0. The summed E-state index contributed by atoms with van der Waals surface area (Å²) >= 11 is 0. The molecule has 0 spiro atoms. The van der Waals surface area contributed by atoms with E-state index in [-0.39, 0.29) is 87.5 Å². The van der Waals surface area contributed by atoms with Crippen LogP contribution in [0.3, 0.4) is 0 Å². The molecule has 0 bridgehead atoms. The van der Waals surface area contributed by atoms with Crippen LogP contribution in [0.25, 0.3) is 0 Å². The molecule has 0 atom stereocenters. The van der Waals surface area contributed by atoms with Gasteiger partial charge in [0.05, 0.1) is 0 Å². The summed E-state index contributed by atoms with van der Waals surface area (Å²) in [5.41, 5.74) is 0. The van der Waals surface area contributed by atoms with E-state index in [4.69, 9.17) is 0 Å². The van der Waals surface area contributed by atoms with Crippen molar-refractivity contribution in [3.8, 4) is 0 Å². The fourth-order valence-electron chi connectivity index (χ4n) is 0. The third-order valence-electron chi connectivity index (χ3n) is 0. The van der Waals surface area contributed by atoms with Gasteiger partial charge in [0.2, 0.25) is 0 Å². The zero-order chi connectivity index (χ0) is 0. The first kappa shape index (κ1) is 28.7. The Morgan fingerprint density at radius 1 is 1.00 bits per heavy atom. The molecule has 4 heavy (non-hydrogen) atoms. The molecular weight excluding hydrogens is 418 g/mol. The first-order valence-corrected chi connectivity index (χ1v) is 0. The minimum Gasteiger partial charge on any atom is 0 e. The molecule has 0 aliphatic rings. The van der Waals surface area contributed by atoms with Crippen molar-refractivity contribution in [2.45, 2.75) is 0 Å². The van der Waals surface area contributed by atoms with Gasteiger partial charge in [-0.25, -0.2) is 0 Å². The van der Waals surface area contributed by atoms with E-state index in [0.717, 1.165) is 0 Å². The maximum absolute atomic E-state index is 0. The average molecular weight is 418 g/mol. The van der Waals surface area contributed by atoms with Crippen molar-refractivity contribution < 1.29 is 87.5 Å². The third kappa shape index (κ3) is 8.86. The van der Waals surface area contributed by atoms with Crippen LogP contribution in [0.5, 0.6) is 0 Å². The summed E-state index contributed by atoms with van der Waals surface area (Å²) in [6.07, 6.45) is 0. The Morgan fingerprint density at radius 2 is 1.00 bits per heavy atom. The van der Waals surface area contributed by atoms with Gasteiger partial charge in [-0.15, -0.1) is 0 Å². The molecule has 20 valence electrons. The Morgan fingerprint density at radius 3 is 1.00 bits per heavy atom. The van der Waals surface area contributed by atoms with Crippen LogP contribution < -0.4 is 0 Å². The molecule has 0 aliphatic heterocycles. The monoisotopic (exact) mass is 420 g/mol. The normalized spacial score (nSPS) is 0. The van der Waals surface area contributed by atoms with Gasteiger partial charge in [0, 0.05) is 87.5 Å². The van der Waals surface area contributed by atoms with Crippen LogP contribution in [0.15, 0.2) is 0 Å². The van der Waals surface area contributed by atoms with Crippen molar-refractivity contribution in [2.75, 3.05) is 0 Å². The van der Waals surface area contributed by atoms with Gasteiger partial charge in [-0.3, -0.25) is 0 Å². The summed E-state index contributed by atoms with van der Waals surface area (Å²) in [5.74, 6) is 0. The van der Waals surface area contributed by atoms with Crippen LogP contribution >= 0.6 is 0 Å². The molecule has 0 aliphatic carbocycles. The average Bonchev–Trinajstić information content (AvgIpc) is 0. The summed E-state index contributed by atoms with van der Waals surface area (Å²) in [6.45, 7) is 0. The number of hydrogen-bond donors (Lipinski definition) is 0. The smallest absolute Gasteiger partial charge is 0 e. The van der Waals surface area contributed by atoms with Gasteiger partial charge in [0.1, 0.15) is 0 Å². The quantitative estimate of drug-likeness (QED) is 0.487. The Labute approximate surface area is 86.0 Å². The summed E-state index contributed by atoms with van der Waals surface area (Å²) in [5, 5.41) is 0. The van der Waals surface area contributed by atoms with Crippen molar-refractivity contribution >= 4 is 0 Å². The van der Waals surface area contributed by atoms with Gasteiger partial charge in [-0.05, 0) is 0 Å². The van der Waals surface area contributed by atoms with Gasteiger partial charge >= 0.3 is 0 Å². The molecule has 0 N–H and O–H groups in total. The number of hydrogen-bond acceptors (Lipinski definition) is 0. The van der Waals surface area contributed by atoms with Crippen LogP contribution in [-0.4, -0.2) is 0 Å². The Kier molecular flexibility index (Phi) is 121. The van der Waals surface area contributed by atoms with Crippen molar-refractivity contribution in [3.63, 3.8) is 0 Å². The van der Waals surface area contributed by atoms with Crippen molar-refractivity contribution in [2.24, 2.45) is 0 Å². The second-order valence-corrected chi connectivity index (χ2v) is 0. The van der Waals surface area contributed by atoms with Crippen LogP contribution in [0.1, 0.15) is 0 Å². The molecule has 2 radical (unpaired) electrons. The molecule has 0 nitrogen and oxygen atoms in total. The fraction of sp³-hybridized carbons (Fsp3) is 0. The Bertz CT molecular complexity index is 8.00. The molecule has 4 heteroatoms.